The van der Waals surface area contributed by atoms with Gasteiger partial charge in [0.15, 0.2) is 5.78 Å². The van der Waals surface area contributed by atoms with Crippen LogP contribution < -0.4 is 4.74 Å². The molecule has 0 aliphatic heterocycles. The molecular weight excluding hydrogens is 338 g/mol. The van der Waals surface area contributed by atoms with Gasteiger partial charge in [0.1, 0.15) is 5.75 Å². The molecule has 0 aliphatic rings. The summed E-state index contributed by atoms with van der Waals surface area (Å²) in [5, 5.41) is 0. The van der Waals surface area contributed by atoms with E-state index in [1.54, 1.807) is 18.2 Å². The monoisotopic (exact) mass is 359 g/mol. The number of allylic oxidation sites excluding steroid dienone is 1. The SMILES string of the molecule is CCOc1ccc(/C=C/C(=O)c2cccc(S(=O)(=O)N(C)C)c2)cc1. The number of carbonyl (C=O) groups is 1. The van der Waals surface area contributed by atoms with Crippen LogP contribution in [0.15, 0.2) is 59.5 Å². The van der Waals surface area contributed by atoms with Crippen LogP contribution >= 0.6 is 0 Å². The van der Waals surface area contributed by atoms with Crippen LogP contribution in [0.5, 0.6) is 5.75 Å². The molecule has 132 valence electrons. The summed E-state index contributed by atoms with van der Waals surface area (Å²) in [7, 11) is -0.659. The summed E-state index contributed by atoms with van der Waals surface area (Å²) in [5.41, 5.74) is 1.18. The Labute approximate surface area is 148 Å². The first kappa shape index (κ1) is 18.9. The lowest BCUT2D eigenvalue weighted by molar-refractivity contribution is 0.104. The van der Waals surface area contributed by atoms with Crippen LogP contribution in [-0.4, -0.2) is 39.2 Å². The Bertz CT molecular complexity index is 869. The fourth-order valence-corrected chi connectivity index (χ4v) is 3.08. The maximum atomic E-state index is 12.3. The summed E-state index contributed by atoms with van der Waals surface area (Å²) >= 11 is 0. The van der Waals surface area contributed by atoms with Gasteiger partial charge in [-0.1, -0.05) is 30.3 Å². The standard InChI is InChI=1S/C19H21NO4S/c1-4-24-17-11-8-15(9-12-17)10-13-19(21)16-6-5-7-18(14-16)25(22,23)20(2)3/h5-14H,4H2,1-3H3/b13-10+. The molecule has 0 atom stereocenters. The minimum absolute atomic E-state index is 0.0952. The second kappa shape index (κ2) is 8.09. The van der Waals surface area contributed by atoms with Crippen molar-refractivity contribution in [1.82, 2.24) is 4.31 Å². The molecule has 0 spiro atoms. The van der Waals surface area contributed by atoms with Crippen LogP contribution in [0.2, 0.25) is 0 Å². The Morgan fingerprint density at radius 2 is 1.80 bits per heavy atom. The summed E-state index contributed by atoms with van der Waals surface area (Å²) in [6.07, 6.45) is 3.11. The largest absolute Gasteiger partial charge is 0.494 e. The van der Waals surface area contributed by atoms with E-state index in [1.165, 1.54) is 32.3 Å². The average Bonchev–Trinajstić information content (AvgIpc) is 2.61. The topological polar surface area (TPSA) is 63.7 Å². The summed E-state index contributed by atoms with van der Waals surface area (Å²) in [5.74, 6) is 0.511. The third-order valence-corrected chi connectivity index (χ3v) is 5.33. The zero-order valence-electron chi connectivity index (χ0n) is 14.5. The number of ketones is 1. The van der Waals surface area contributed by atoms with Crippen molar-refractivity contribution in [3.05, 3.63) is 65.7 Å². The highest BCUT2D eigenvalue weighted by molar-refractivity contribution is 7.89. The zero-order valence-corrected chi connectivity index (χ0v) is 15.3. The third kappa shape index (κ3) is 4.78. The van der Waals surface area contributed by atoms with E-state index in [4.69, 9.17) is 4.74 Å². The van der Waals surface area contributed by atoms with E-state index >= 15 is 0 Å². The minimum Gasteiger partial charge on any atom is -0.494 e. The fraction of sp³-hybridized carbons (Fsp3) is 0.211. The molecule has 0 radical (unpaired) electrons. The van der Waals surface area contributed by atoms with Gasteiger partial charge in [-0.25, -0.2) is 12.7 Å². The van der Waals surface area contributed by atoms with E-state index in [2.05, 4.69) is 0 Å². The van der Waals surface area contributed by atoms with Crippen LogP contribution in [0.3, 0.4) is 0 Å². The second-order valence-corrected chi connectivity index (χ2v) is 7.67. The lowest BCUT2D eigenvalue weighted by Crippen LogP contribution is -2.22. The molecule has 0 bridgehead atoms. The summed E-state index contributed by atoms with van der Waals surface area (Å²) in [6.45, 7) is 2.51. The number of hydrogen-bond acceptors (Lipinski definition) is 4. The first-order valence-corrected chi connectivity index (χ1v) is 9.26. The third-order valence-electron chi connectivity index (χ3n) is 3.52. The molecule has 2 aromatic carbocycles. The number of carbonyl (C=O) groups excluding carboxylic acids is 1. The lowest BCUT2D eigenvalue weighted by atomic mass is 10.1. The fourth-order valence-electron chi connectivity index (χ4n) is 2.13. The lowest BCUT2D eigenvalue weighted by Gasteiger charge is -2.11. The number of rotatable bonds is 7. The maximum absolute atomic E-state index is 12.3. The smallest absolute Gasteiger partial charge is 0.242 e. The Balaban J connectivity index is 2.18. The van der Waals surface area contributed by atoms with Gasteiger partial charge in [-0.15, -0.1) is 0 Å². The molecule has 0 saturated heterocycles. The van der Waals surface area contributed by atoms with Crippen molar-refractivity contribution in [1.29, 1.82) is 0 Å². The van der Waals surface area contributed by atoms with Gasteiger partial charge in [0.25, 0.3) is 0 Å². The summed E-state index contributed by atoms with van der Waals surface area (Å²) < 4.78 is 30.8. The molecule has 0 N–H and O–H groups in total. The van der Waals surface area contributed by atoms with E-state index in [-0.39, 0.29) is 10.7 Å². The van der Waals surface area contributed by atoms with Crippen molar-refractivity contribution < 1.29 is 17.9 Å². The first-order chi connectivity index (χ1) is 11.8. The molecule has 25 heavy (non-hydrogen) atoms. The van der Waals surface area contributed by atoms with Gasteiger partial charge in [0.05, 0.1) is 11.5 Å². The molecule has 2 rings (SSSR count). The molecule has 0 unspecified atom stereocenters. The number of ether oxygens (including phenoxy) is 1. The molecule has 2 aromatic rings. The van der Waals surface area contributed by atoms with Gasteiger partial charge in [-0.2, -0.15) is 0 Å². The molecule has 6 heteroatoms. The van der Waals surface area contributed by atoms with Gasteiger partial charge >= 0.3 is 0 Å². The zero-order chi connectivity index (χ0) is 18.4. The Morgan fingerprint density at radius 3 is 2.40 bits per heavy atom. The molecule has 0 aromatic heterocycles. The van der Waals surface area contributed by atoms with Crippen LogP contribution in [-0.2, 0) is 10.0 Å². The Morgan fingerprint density at radius 1 is 1.12 bits per heavy atom. The van der Waals surface area contributed by atoms with Crippen molar-refractivity contribution in [2.24, 2.45) is 0 Å². The molecular formula is C19H21NO4S. The summed E-state index contributed by atoms with van der Waals surface area (Å²) in [4.78, 5) is 12.4. The predicted molar refractivity (Wildman–Crippen MR) is 98.3 cm³/mol. The molecule has 0 heterocycles. The van der Waals surface area contributed by atoms with Gasteiger partial charge < -0.3 is 4.74 Å². The normalized spacial score (nSPS) is 11.8. The number of sulfonamides is 1. The van der Waals surface area contributed by atoms with Crippen molar-refractivity contribution in [3.63, 3.8) is 0 Å². The van der Waals surface area contributed by atoms with Crippen LogP contribution in [0.25, 0.3) is 6.08 Å². The van der Waals surface area contributed by atoms with Gasteiger partial charge in [-0.3, -0.25) is 4.79 Å². The van der Waals surface area contributed by atoms with Crippen molar-refractivity contribution >= 4 is 21.9 Å². The molecule has 5 nitrogen and oxygen atoms in total. The van der Waals surface area contributed by atoms with E-state index < -0.39 is 10.0 Å². The Hall–Kier alpha value is -2.44. The van der Waals surface area contributed by atoms with Crippen LogP contribution in [0, 0.1) is 0 Å². The van der Waals surface area contributed by atoms with Gasteiger partial charge in [-0.05, 0) is 42.8 Å². The van der Waals surface area contributed by atoms with Gasteiger partial charge in [0.2, 0.25) is 10.0 Å². The molecule has 0 aliphatic carbocycles. The van der Waals surface area contributed by atoms with E-state index in [9.17, 15) is 13.2 Å². The number of nitrogens with zero attached hydrogens (tertiary/aromatic N) is 1. The van der Waals surface area contributed by atoms with E-state index in [0.717, 1.165) is 15.6 Å². The van der Waals surface area contributed by atoms with Gasteiger partial charge in [0, 0.05) is 19.7 Å². The van der Waals surface area contributed by atoms with Crippen molar-refractivity contribution in [2.75, 3.05) is 20.7 Å². The Kier molecular flexibility index (Phi) is 6.12. The van der Waals surface area contributed by atoms with Crippen molar-refractivity contribution in [3.8, 4) is 5.75 Å². The number of hydrogen-bond donors (Lipinski definition) is 0. The predicted octanol–water partition coefficient (Wildman–Crippen LogP) is 3.23. The maximum Gasteiger partial charge on any atom is 0.242 e. The highest BCUT2D eigenvalue weighted by atomic mass is 32.2. The van der Waals surface area contributed by atoms with E-state index in [1.807, 2.05) is 31.2 Å². The molecule has 0 saturated carbocycles. The highest BCUT2D eigenvalue weighted by Gasteiger charge is 2.18. The molecule has 0 fully saturated rings. The van der Waals surface area contributed by atoms with E-state index in [0.29, 0.717) is 12.2 Å². The minimum atomic E-state index is -3.57. The summed E-state index contributed by atoms with van der Waals surface area (Å²) in [6, 6.07) is 13.4. The average molecular weight is 359 g/mol. The van der Waals surface area contributed by atoms with Crippen molar-refractivity contribution in [2.45, 2.75) is 11.8 Å². The quantitative estimate of drug-likeness (QED) is 0.562. The highest BCUT2D eigenvalue weighted by Crippen LogP contribution is 2.17. The number of benzene rings is 2. The first-order valence-electron chi connectivity index (χ1n) is 7.82. The molecule has 0 amide bonds. The van der Waals surface area contributed by atoms with Crippen LogP contribution in [0.4, 0.5) is 0 Å². The second-order valence-electron chi connectivity index (χ2n) is 5.51. The van der Waals surface area contributed by atoms with Crippen LogP contribution in [0.1, 0.15) is 22.8 Å².